The molecule has 1 N–H and O–H groups in total. The maximum atomic E-state index is 5.40. The number of hydrogen-bond donors (Lipinski definition) is 1. The summed E-state index contributed by atoms with van der Waals surface area (Å²) in [5.41, 5.74) is 1.26. The Kier molecular flexibility index (Phi) is 6.00. The van der Waals surface area contributed by atoms with Crippen molar-refractivity contribution >= 4 is 15.9 Å². The topological polar surface area (TPSA) is 21.3 Å². The van der Waals surface area contributed by atoms with Crippen molar-refractivity contribution in [1.82, 2.24) is 5.32 Å². The van der Waals surface area contributed by atoms with E-state index in [1.165, 1.54) is 5.56 Å². The van der Waals surface area contributed by atoms with Gasteiger partial charge in [0.1, 0.15) is 5.75 Å². The summed E-state index contributed by atoms with van der Waals surface area (Å²) in [6.07, 6.45) is 1.02. The van der Waals surface area contributed by atoms with Crippen molar-refractivity contribution in [2.24, 2.45) is 5.92 Å². The van der Waals surface area contributed by atoms with Crippen LogP contribution >= 0.6 is 15.9 Å². The van der Waals surface area contributed by atoms with Gasteiger partial charge in [0.15, 0.2) is 0 Å². The third kappa shape index (κ3) is 4.32. The van der Waals surface area contributed by atoms with E-state index in [0.717, 1.165) is 23.2 Å². The SMILES string of the molecule is CCNC(C)C(C)Cc1cc(Br)ccc1OC. The summed E-state index contributed by atoms with van der Waals surface area (Å²) >= 11 is 3.51. The second-order valence-corrected chi connectivity index (χ2v) is 5.40. The maximum absolute atomic E-state index is 5.40. The Labute approximate surface area is 113 Å². The highest BCUT2D eigenvalue weighted by molar-refractivity contribution is 9.10. The van der Waals surface area contributed by atoms with Crippen molar-refractivity contribution in [2.75, 3.05) is 13.7 Å². The minimum absolute atomic E-state index is 0.517. The van der Waals surface area contributed by atoms with Gasteiger partial charge in [-0.2, -0.15) is 0 Å². The number of halogens is 1. The molecular weight excluding hydrogens is 278 g/mol. The fraction of sp³-hybridized carbons (Fsp3) is 0.571. The average molecular weight is 300 g/mol. The van der Waals surface area contributed by atoms with Gasteiger partial charge in [0.25, 0.3) is 0 Å². The summed E-state index contributed by atoms with van der Waals surface area (Å²) in [4.78, 5) is 0. The van der Waals surface area contributed by atoms with Gasteiger partial charge in [-0.25, -0.2) is 0 Å². The van der Waals surface area contributed by atoms with Crippen LogP contribution < -0.4 is 10.1 Å². The molecule has 1 aromatic carbocycles. The van der Waals surface area contributed by atoms with Crippen LogP contribution in [-0.2, 0) is 6.42 Å². The van der Waals surface area contributed by atoms with E-state index in [-0.39, 0.29) is 0 Å². The van der Waals surface area contributed by atoms with E-state index in [1.54, 1.807) is 7.11 Å². The highest BCUT2D eigenvalue weighted by atomic mass is 79.9. The minimum atomic E-state index is 0.517. The van der Waals surface area contributed by atoms with Crippen LogP contribution in [0.1, 0.15) is 26.3 Å². The Morgan fingerprint density at radius 3 is 2.65 bits per heavy atom. The van der Waals surface area contributed by atoms with Crippen LogP contribution in [0.3, 0.4) is 0 Å². The highest BCUT2D eigenvalue weighted by Crippen LogP contribution is 2.26. The summed E-state index contributed by atoms with van der Waals surface area (Å²) in [6, 6.07) is 6.70. The summed E-state index contributed by atoms with van der Waals surface area (Å²) < 4.78 is 6.51. The summed E-state index contributed by atoms with van der Waals surface area (Å²) in [6.45, 7) is 7.66. The zero-order chi connectivity index (χ0) is 12.8. The van der Waals surface area contributed by atoms with Crippen LogP contribution in [0, 0.1) is 5.92 Å². The number of rotatable bonds is 6. The first-order chi connectivity index (χ1) is 8.08. The van der Waals surface area contributed by atoms with Gasteiger partial charge >= 0.3 is 0 Å². The monoisotopic (exact) mass is 299 g/mol. The van der Waals surface area contributed by atoms with Crippen LogP contribution in [0.2, 0.25) is 0 Å². The molecule has 0 fully saturated rings. The van der Waals surface area contributed by atoms with Gasteiger partial charge in [-0.3, -0.25) is 0 Å². The smallest absolute Gasteiger partial charge is 0.122 e. The summed E-state index contributed by atoms with van der Waals surface area (Å²) in [5.74, 6) is 1.56. The second-order valence-electron chi connectivity index (χ2n) is 4.48. The third-order valence-corrected chi connectivity index (χ3v) is 3.66. The van der Waals surface area contributed by atoms with E-state index in [2.05, 4.69) is 48.1 Å². The lowest BCUT2D eigenvalue weighted by Crippen LogP contribution is -2.32. The fourth-order valence-corrected chi connectivity index (χ4v) is 2.36. The average Bonchev–Trinajstić information content (AvgIpc) is 2.29. The van der Waals surface area contributed by atoms with Crippen molar-refractivity contribution in [3.05, 3.63) is 28.2 Å². The largest absolute Gasteiger partial charge is 0.496 e. The number of hydrogen-bond acceptors (Lipinski definition) is 2. The summed E-state index contributed by atoms with van der Waals surface area (Å²) in [7, 11) is 1.73. The predicted molar refractivity (Wildman–Crippen MR) is 76.7 cm³/mol. The van der Waals surface area contributed by atoms with Gasteiger partial charge in [-0.1, -0.05) is 29.8 Å². The van der Waals surface area contributed by atoms with Crippen LogP contribution in [0.15, 0.2) is 22.7 Å². The molecule has 2 atom stereocenters. The van der Waals surface area contributed by atoms with Crippen LogP contribution in [0.5, 0.6) is 5.75 Å². The molecule has 0 saturated carbocycles. The molecule has 0 spiro atoms. The Morgan fingerprint density at radius 2 is 2.06 bits per heavy atom. The van der Waals surface area contributed by atoms with Crippen molar-refractivity contribution in [3.63, 3.8) is 0 Å². The molecular formula is C14H22BrNO. The van der Waals surface area contributed by atoms with Crippen LogP contribution in [-0.4, -0.2) is 19.7 Å². The van der Waals surface area contributed by atoms with E-state index < -0.39 is 0 Å². The molecule has 96 valence electrons. The molecule has 0 aliphatic carbocycles. The maximum Gasteiger partial charge on any atom is 0.122 e. The predicted octanol–water partition coefficient (Wildman–Crippen LogP) is 3.63. The summed E-state index contributed by atoms with van der Waals surface area (Å²) in [5, 5.41) is 3.47. The Morgan fingerprint density at radius 1 is 1.35 bits per heavy atom. The lowest BCUT2D eigenvalue weighted by atomic mass is 9.94. The van der Waals surface area contributed by atoms with Gasteiger partial charge in [0.05, 0.1) is 7.11 Å². The third-order valence-electron chi connectivity index (χ3n) is 3.16. The molecule has 0 bridgehead atoms. The normalized spacial score (nSPS) is 14.4. The van der Waals surface area contributed by atoms with Crippen LogP contribution in [0.4, 0.5) is 0 Å². The second kappa shape index (κ2) is 7.02. The first-order valence-electron chi connectivity index (χ1n) is 6.14. The van der Waals surface area contributed by atoms with Crippen molar-refractivity contribution in [2.45, 2.75) is 33.2 Å². The Balaban J connectivity index is 2.76. The molecule has 0 aliphatic heterocycles. The molecule has 1 aromatic rings. The molecule has 0 heterocycles. The van der Waals surface area contributed by atoms with Gasteiger partial charge in [0.2, 0.25) is 0 Å². The molecule has 0 saturated heterocycles. The number of ether oxygens (including phenoxy) is 1. The highest BCUT2D eigenvalue weighted by Gasteiger charge is 2.14. The number of benzene rings is 1. The van der Waals surface area contributed by atoms with E-state index in [9.17, 15) is 0 Å². The number of nitrogens with one attached hydrogen (secondary N) is 1. The van der Waals surface area contributed by atoms with Gasteiger partial charge < -0.3 is 10.1 Å². The molecule has 17 heavy (non-hydrogen) atoms. The quantitative estimate of drug-likeness (QED) is 0.866. The molecule has 0 aliphatic rings. The number of methoxy groups -OCH3 is 1. The zero-order valence-corrected chi connectivity index (χ0v) is 12.7. The van der Waals surface area contributed by atoms with Crippen molar-refractivity contribution in [1.29, 1.82) is 0 Å². The molecule has 2 nitrogen and oxygen atoms in total. The van der Waals surface area contributed by atoms with Crippen LogP contribution in [0.25, 0.3) is 0 Å². The van der Waals surface area contributed by atoms with E-state index in [4.69, 9.17) is 4.74 Å². The van der Waals surface area contributed by atoms with E-state index in [1.807, 2.05) is 12.1 Å². The van der Waals surface area contributed by atoms with Gasteiger partial charge in [0, 0.05) is 10.5 Å². The lowest BCUT2D eigenvalue weighted by Gasteiger charge is -2.21. The van der Waals surface area contributed by atoms with Crippen molar-refractivity contribution < 1.29 is 4.74 Å². The zero-order valence-electron chi connectivity index (χ0n) is 11.1. The van der Waals surface area contributed by atoms with E-state index in [0.29, 0.717) is 12.0 Å². The lowest BCUT2D eigenvalue weighted by molar-refractivity contribution is 0.383. The molecule has 0 aromatic heterocycles. The molecule has 3 heteroatoms. The first-order valence-corrected chi connectivity index (χ1v) is 6.93. The van der Waals surface area contributed by atoms with Gasteiger partial charge in [-0.15, -0.1) is 0 Å². The molecule has 0 radical (unpaired) electrons. The van der Waals surface area contributed by atoms with Crippen molar-refractivity contribution in [3.8, 4) is 5.75 Å². The minimum Gasteiger partial charge on any atom is -0.496 e. The first kappa shape index (κ1) is 14.5. The Hall–Kier alpha value is -0.540. The van der Waals surface area contributed by atoms with E-state index >= 15 is 0 Å². The molecule has 0 amide bonds. The molecule has 2 unspecified atom stereocenters. The molecule has 1 rings (SSSR count). The fourth-order valence-electron chi connectivity index (χ4n) is 1.95. The standard InChI is InChI=1S/C14H22BrNO/c1-5-16-11(3)10(2)8-12-9-13(15)6-7-14(12)17-4/h6-7,9-11,16H,5,8H2,1-4H3. The Bertz CT molecular complexity index is 354. The van der Waals surface area contributed by atoms with Gasteiger partial charge in [-0.05, 0) is 49.6 Å².